The van der Waals surface area contributed by atoms with Gasteiger partial charge in [0.2, 0.25) is 0 Å². The number of unbranched alkanes of at least 4 members (excludes halogenated alkanes) is 1. The topological polar surface area (TPSA) is 20.3 Å². The molecule has 0 bridgehead atoms. The first-order chi connectivity index (χ1) is 8.00. The van der Waals surface area contributed by atoms with Gasteiger partial charge >= 0.3 is 0 Å². The predicted molar refractivity (Wildman–Crippen MR) is 75.0 cm³/mol. The van der Waals surface area contributed by atoms with Crippen molar-refractivity contribution in [1.82, 2.24) is 4.90 Å². The van der Waals surface area contributed by atoms with Crippen LogP contribution in [0, 0.1) is 13.8 Å². The Morgan fingerprint density at radius 1 is 1.12 bits per heavy atom. The lowest BCUT2D eigenvalue weighted by Crippen LogP contribution is -2.13. The molecule has 0 saturated carbocycles. The van der Waals surface area contributed by atoms with Gasteiger partial charge in [0, 0.05) is 10.6 Å². The second-order valence-corrected chi connectivity index (χ2v) is 6.38. The second kappa shape index (κ2) is 6.92. The Bertz CT molecular complexity index is 388. The van der Waals surface area contributed by atoms with Gasteiger partial charge in [-0.1, -0.05) is 6.07 Å². The van der Waals surface area contributed by atoms with Gasteiger partial charge < -0.3 is 4.90 Å². The number of hydrogen-bond acceptors (Lipinski definition) is 2. The summed E-state index contributed by atoms with van der Waals surface area (Å²) in [5.41, 5.74) is 2.49. The fourth-order valence-corrected chi connectivity index (χ4v) is 2.86. The maximum absolute atomic E-state index is 12.1. The van der Waals surface area contributed by atoms with Crippen molar-refractivity contribution >= 4 is 10.8 Å². The van der Waals surface area contributed by atoms with Gasteiger partial charge in [-0.2, -0.15) is 0 Å². The van der Waals surface area contributed by atoms with Gasteiger partial charge in [-0.15, -0.1) is 0 Å². The Hall–Kier alpha value is -0.670. The van der Waals surface area contributed by atoms with Crippen LogP contribution in [0.3, 0.4) is 0 Å². The first-order valence-electron chi connectivity index (χ1n) is 6.11. The monoisotopic (exact) mass is 253 g/mol. The van der Waals surface area contributed by atoms with Crippen molar-refractivity contribution in [2.45, 2.75) is 31.6 Å². The molecule has 17 heavy (non-hydrogen) atoms. The van der Waals surface area contributed by atoms with Crippen LogP contribution in [0.4, 0.5) is 0 Å². The van der Waals surface area contributed by atoms with Crippen LogP contribution in [0.1, 0.15) is 24.0 Å². The largest absolute Gasteiger partial charge is 0.309 e. The van der Waals surface area contributed by atoms with Crippen molar-refractivity contribution in [2.75, 3.05) is 26.4 Å². The molecule has 0 amide bonds. The van der Waals surface area contributed by atoms with Crippen LogP contribution < -0.4 is 0 Å². The van der Waals surface area contributed by atoms with E-state index in [1.807, 2.05) is 6.07 Å². The van der Waals surface area contributed by atoms with E-state index in [9.17, 15) is 4.21 Å². The summed E-state index contributed by atoms with van der Waals surface area (Å²) < 4.78 is 12.1. The lowest BCUT2D eigenvalue weighted by atomic mass is 10.1. The van der Waals surface area contributed by atoms with Crippen molar-refractivity contribution in [3.05, 3.63) is 29.3 Å². The molecule has 2 nitrogen and oxygen atoms in total. The average Bonchev–Trinajstić information content (AvgIpc) is 2.27. The van der Waals surface area contributed by atoms with E-state index >= 15 is 0 Å². The molecule has 0 N–H and O–H groups in total. The summed E-state index contributed by atoms with van der Waals surface area (Å²) in [6.45, 7) is 5.23. The van der Waals surface area contributed by atoms with E-state index in [-0.39, 0.29) is 0 Å². The number of rotatable bonds is 6. The molecule has 1 aromatic rings. The zero-order chi connectivity index (χ0) is 12.8. The lowest BCUT2D eigenvalue weighted by molar-refractivity contribution is 0.398. The summed E-state index contributed by atoms with van der Waals surface area (Å²) in [7, 11) is 3.30. The van der Waals surface area contributed by atoms with Gasteiger partial charge in [0.25, 0.3) is 0 Å². The highest BCUT2D eigenvalue weighted by Crippen LogP contribution is 2.14. The highest BCUT2D eigenvalue weighted by atomic mass is 32.2. The van der Waals surface area contributed by atoms with Crippen LogP contribution >= 0.6 is 0 Å². The van der Waals surface area contributed by atoms with Crippen molar-refractivity contribution in [3.63, 3.8) is 0 Å². The SMILES string of the molecule is Cc1ccc(S(=O)CCCCN(C)C)cc1C. The number of benzene rings is 1. The van der Waals surface area contributed by atoms with Gasteiger partial charge in [0.05, 0.1) is 10.8 Å². The number of aryl methyl sites for hydroxylation is 2. The van der Waals surface area contributed by atoms with E-state index < -0.39 is 10.8 Å². The smallest absolute Gasteiger partial charge is 0.0529 e. The van der Waals surface area contributed by atoms with Gasteiger partial charge in [-0.25, -0.2) is 0 Å². The van der Waals surface area contributed by atoms with E-state index in [2.05, 4.69) is 45.0 Å². The molecule has 0 radical (unpaired) electrons. The van der Waals surface area contributed by atoms with Crippen LogP contribution in [-0.4, -0.2) is 35.5 Å². The Kier molecular flexibility index (Phi) is 5.86. The lowest BCUT2D eigenvalue weighted by Gasteiger charge is -2.09. The van der Waals surface area contributed by atoms with Gasteiger partial charge in [-0.3, -0.25) is 4.21 Å². The Labute approximate surface area is 107 Å². The maximum Gasteiger partial charge on any atom is 0.0529 e. The molecule has 1 rings (SSSR count). The average molecular weight is 253 g/mol. The van der Waals surface area contributed by atoms with Crippen molar-refractivity contribution in [1.29, 1.82) is 0 Å². The Balaban J connectivity index is 2.44. The van der Waals surface area contributed by atoms with E-state index in [1.165, 1.54) is 11.1 Å². The zero-order valence-electron chi connectivity index (χ0n) is 11.3. The van der Waals surface area contributed by atoms with Gasteiger partial charge in [0.15, 0.2) is 0 Å². The Morgan fingerprint density at radius 2 is 1.82 bits per heavy atom. The van der Waals surface area contributed by atoms with E-state index in [4.69, 9.17) is 0 Å². The third-order valence-electron chi connectivity index (χ3n) is 2.93. The Morgan fingerprint density at radius 3 is 2.41 bits per heavy atom. The summed E-state index contributed by atoms with van der Waals surface area (Å²) in [5.74, 6) is 0.774. The molecule has 0 aliphatic rings. The summed E-state index contributed by atoms with van der Waals surface area (Å²) in [6, 6.07) is 6.10. The van der Waals surface area contributed by atoms with Crippen LogP contribution in [0.25, 0.3) is 0 Å². The standard InChI is InChI=1S/C14H23NOS/c1-12-7-8-14(11-13(12)2)17(16)10-6-5-9-15(3)4/h7-8,11H,5-6,9-10H2,1-4H3. The summed E-state index contributed by atoms with van der Waals surface area (Å²) in [4.78, 5) is 3.14. The predicted octanol–water partition coefficient (Wildman–Crippen LogP) is 2.75. The fourth-order valence-electron chi connectivity index (χ4n) is 1.63. The van der Waals surface area contributed by atoms with Crippen LogP contribution in [0.15, 0.2) is 23.1 Å². The minimum absolute atomic E-state index is 0.774. The molecule has 0 spiro atoms. The van der Waals surface area contributed by atoms with Gasteiger partial charge in [0.1, 0.15) is 0 Å². The van der Waals surface area contributed by atoms with E-state index in [1.54, 1.807) is 0 Å². The molecule has 0 aromatic heterocycles. The van der Waals surface area contributed by atoms with Crippen molar-refractivity contribution < 1.29 is 4.21 Å². The highest BCUT2D eigenvalue weighted by molar-refractivity contribution is 7.85. The van der Waals surface area contributed by atoms with Crippen molar-refractivity contribution in [2.24, 2.45) is 0 Å². The van der Waals surface area contributed by atoms with Crippen LogP contribution in [0.5, 0.6) is 0 Å². The fraction of sp³-hybridized carbons (Fsp3) is 0.571. The normalized spacial score (nSPS) is 13.0. The first-order valence-corrected chi connectivity index (χ1v) is 7.43. The molecule has 0 aliphatic heterocycles. The maximum atomic E-state index is 12.1. The number of hydrogen-bond donors (Lipinski definition) is 0. The summed E-state index contributed by atoms with van der Waals surface area (Å²) in [5, 5.41) is 0. The summed E-state index contributed by atoms with van der Waals surface area (Å²) in [6.07, 6.45) is 2.14. The third-order valence-corrected chi connectivity index (χ3v) is 4.37. The molecule has 0 heterocycles. The molecule has 0 fully saturated rings. The molecule has 0 saturated heterocycles. The second-order valence-electron chi connectivity index (χ2n) is 4.81. The highest BCUT2D eigenvalue weighted by Gasteiger charge is 2.05. The van der Waals surface area contributed by atoms with E-state index in [0.717, 1.165) is 30.0 Å². The van der Waals surface area contributed by atoms with Crippen molar-refractivity contribution in [3.8, 4) is 0 Å². The molecular formula is C14H23NOS. The first kappa shape index (κ1) is 14.4. The molecule has 96 valence electrons. The molecule has 1 aromatic carbocycles. The van der Waals surface area contributed by atoms with Crippen LogP contribution in [-0.2, 0) is 10.8 Å². The zero-order valence-corrected chi connectivity index (χ0v) is 12.1. The number of nitrogens with zero attached hydrogens (tertiary/aromatic N) is 1. The minimum Gasteiger partial charge on any atom is -0.309 e. The molecule has 0 aliphatic carbocycles. The molecular weight excluding hydrogens is 230 g/mol. The molecule has 1 atom stereocenters. The third kappa shape index (κ3) is 5.00. The molecule has 3 heteroatoms. The summed E-state index contributed by atoms with van der Waals surface area (Å²) >= 11 is 0. The molecule has 1 unspecified atom stereocenters. The van der Waals surface area contributed by atoms with Gasteiger partial charge in [-0.05, 0) is 70.6 Å². The van der Waals surface area contributed by atoms with Crippen LogP contribution in [0.2, 0.25) is 0 Å². The minimum atomic E-state index is -0.835. The van der Waals surface area contributed by atoms with E-state index in [0.29, 0.717) is 0 Å². The quantitative estimate of drug-likeness (QED) is 0.727.